The maximum Gasteiger partial charge on any atom is 0.435 e. The van der Waals surface area contributed by atoms with Gasteiger partial charge in [0, 0.05) is 30.4 Å². The smallest absolute Gasteiger partial charge is 0.378 e. The number of amides is 2. The van der Waals surface area contributed by atoms with E-state index in [0.29, 0.717) is 43.0 Å². The van der Waals surface area contributed by atoms with E-state index >= 15 is 0 Å². The number of aromatic amines is 1. The van der Waals surface area contributed by atoms with E-state index in [1.165, 1.54) is 11.6 Å². The standard InChI is InChI=1S/C27H32F3N7O3/c1-6-8-19-21(22(36-35-19)27(28,29)30)20-14-33-23(37(20)5)25(39)34-17-9-10-18(16(7-2)13-17)24(38)32-11-12-40-15-26(3,4)31/h1,9-10,13-14H,7-8,11-12,15,31H2,2-5H3,(H,32,38)(H,34,39)(H,35,36). The van der Waals surface area contributed by atoms with Crippen molar-refractivity contribution in [2.45, 2.75) is 45.3 Å². The van der Waals surface area contributed by atoms with Crippen LogP contribution in [0.1, 0.15) is 58.7 Å². The minimum Gasteiger partial charge on any atom is -0.378 e. The van der Waals surface area contributed by atoms with E-state index < -0.39 is 23.3 Å². The molecule has 2 aromatic heterocycles. The van der Waals surface area contributed by atoms with E-state index in [2.05, 4.69) is 31.7 Å². The maximum atomic E-state index is 13.6. The Morgan fingerprint density at radius 3 is 2.60 bits per heavy atom. The van der Waals surface area contributed by atoms with Crippen LogP contribution in [0.3, 0.4) is 0 Å². The minimum atomic E-state index is -4.75. The molecule has 0 aliphatic rings. The zero-order valence-electron chi connectivity index (χ0n) is 22.7. The number of nitrogens with one attached hydrogen (secondary N) is 3. The molecular formula is C27H32F3N7O3. The number of halogens is 3. The van der Waals surface area contributed by atoms with Crippen molar-refractivity contribution in [3.05, 3.63) is 52.7 Å². The second-order valence-electron chi connectivity index (χ2n) is 9.81. The number of benzene rings is 1. The van der Waals surface area contributed by atoms with Gasteiger partial charge in [-0.1, -0.05) is 6.92 Å². The number of rotatable bonds is 11. The number of nitrogens with two attached hydrogens (primary N) is 1. The molecule has 0 fully saturated rings. The van der Waals surface area contributed by atoms with Crippen molar-refractivity contribution >= 4 is 17.5 Å². The fourth-order valence-electron chi connectivity index (χ4n) is 3.98. The first-order chi connectivity index (χ1) is 18.8. The summed E-state index contributed by atoms with van der Waals surface area (Å²) in [5.74, 6) is 1.23. The first-order valence-corrected chi connectivity index (χ1v) is 12.5. The number of carbonyl (C=O) groups is 2. The molecule has 1 aromatic carbocycles. The lowest BCUT2D eigenvalue weighted by atomic mass is 10.0. The van der Waals surface area contributed by atoms with Gasteiger partial charge in [0.15, 0.2) is 11.5 Å². The third-order valence-electron chi connectivity index (χ3n) is 5.83. The molecule has 2 heterocycles. The lowest BCUT2D eigenvalue weighted by molar-refractivity contribution is -0.140. The third kappa shape index (κ3) is 7.28. The average Bonchev–Trinajstić information content (AvgIpc) is 3.46. The van der Waals surface area contributed by atoms with Gasteiger partial charge in [-0.25, -0.2) is 4.98 Å². The Bertz CT molecular complexity index is 1410. The van der Waals surface area contributed by atoms with Gasteiger partial charge in [0.05, 0.1) is 42.8 Å². The summed E-state index contributed by atoms with van der Waals surface area (Å²) in [6.07, 6.45) is 2.11. The average molecular weight is 560 g/mol. The molecule has 0 atom stereocenters. The minimum absolute atomic E-state index is 0.0248. The molecule has 0 bridgehead atoms. The molecule has 13 heteroatoms. The maximum absolute atomic E-state index is 13.6. The van der Waals surface area contributed by atoms with Crippen LogP contribution in [0.2, 0.25) is 0 Å². The zero-order valence-corrected chi connectivity index (χ0v) is 22.7. The summed E-state index contributed by atoms with van der Waals surface area (Å²) in [6.45, 7) is 6.51. The number of imidazole rings is 1. The Kier molecular flexibility index (Phi) is 9.39. The number of alkyl halides is 3. The number of hydrogen-bond acceptors (Lipinski definition) is 6. The lowest BCUT2D eigenvalue weighted by Gasteiger charge is -2.18. The first-order valence-electron chi connectivity index (χ1n) is 12.5. The molecule has 2 amide bonds. The van der Waals surface area contributed by atoms with Crippen LogP contribution in [0.5, 0.6) is 0 Å². The Balaban J connectivity index is 1.75. The molecule has 0 saturated heterocycles. The van der Waals surface area contributed by atoms with Crippen molar-refractivity contribution < 1.29 is 27.5 Å². The van der Waals surface area contributed by atoms with Crippen LogP contribution in [-0.2, 0) is 30.8 Å². The molecule has 10 nitrogen and oxygen atoms in total. The molecule has 0 unspecified atom stereocenters. The topological polar surface area (TPSA) is 140 Å². The van der Waals surface area contributed by atoms with Crippen LogP contribution in [0.25, 0.3) is 11.3 Å². The van der Waals surface area contributed by atoms with E-state index in [0.717, 1.165) is 6.20 Å². The SMILES string of the molecule is C#CCc1[nH]nc(C(F)(F)F)c1-c1cnc(C(=O)Nc2ccc(C(=O)NCCOCC(C)(C)N)c(CC)c2)n1C. The lowest BCUT2D eigenvalue weighted by Crippen LogP contribution is -2.38. The summed E-state index contributed by atoms with van der Waals surface area (Å²) in [5.41, 5.74) is 5.62. The fourth-order valence-corrected chi connectivity index (χ4v) is 3.98. The van der Waals surface area contributed by atoms with E-state index in [-0.39, 0.29) is 35.1 Å². The van der Waals surface area contributed by atoms with Gasteiger partial charge in [-0.3, -0.25) is 14.7 Å². The van der Waals surface area contributed by atoms with Gasteiger partial charge in [0.1, 0.15) is 0 Å². The van der Waals surface area contributed by atoms with Gasteiger partial charge >= 0.3 is 6.18 Å². The van der Waals surface area contributed by atoms with Crippen LogP contribution in [0.15, 0.2) is 24.4 Å². The number of terminal acetylenes is 1. The predicted octanol–water partition coefficient (Wildman–Crippen LogP) is 3.30. The predicted molar refractivity (Wildman–Crippen MR) is 144 cm³/mol. The van der Waals surface area contributed by atoms with Gasteiger partial charge in [0.2, 0.25) is 0 Å². The van der Waals surface area contributed by atoms with Crippen molar-refractivity contribution in [3.63, 3.8) is 0 Å². The molecule has 3 rings (SSSR count). The van der Waals surface area contributed by atoms with Crippen molar-refractivity contribution in [1.29, 1.82) is 0 Å². The quantitative estimate of drug-likeness (QED) is 0.210. The van der Waals surface area contributed by atoms with Crippen LogP contribution in [0, 0.1) is 12.3 Å². The molecule has 0 radical (unpaired) electrons. The Morgan fingerprint density at radius 2 is 1.98 bits per heavy atom. The number of anilines is 1. The molecule has 5 N–H and O–H groups in total. The summed E-state index contributed by atoms with van der Waals surface area (Å²) in [5, 5.41) is 11.2. The summed E-state index contributed by atoms with van der Waals surface area (Å²) >= 11 is 0. The summed E-state index contributed by atoms with van der Waals surface area (Å²) < 4.78 is 47.5. The largest absolute Gasteiger partial charge is 0.435 e. The number of nitrogens with zero attached hydrogens (tertiary/aromatic N) is 3. The van der Waals surface area contributed by atoms with Crippen molar-refractivity contribution in [2.24, 2.45) is 12.8 Å². The van der Waals surface area contributed by atoms with Gasteiger partial charge in [-0.05, 0) is 44.0 Å². The van der Waals surface area contributed by atoms with Crippen LogP contribution in [0.4, 0.5) is 18.9 Å². The van der Waals surface area contributed by atoms with Gasteiger partial charge < -0.3 is 25.7 Å². The van der Waals surface area contributed by atoms with Gasteiger partial charge in [-0.2, -0.15) is 18.3 Å². The highest BCUT2D eigenvalue weighted by Crippen LogP contribution is 2.37. The first kappa shape index (κ1) is 30.4. The summed E-state index contributed by atoms with van der Waals surface area (Å²) in [4.78, 5) is 29.8. The van der Waals surface area contributed by atoms with E-state index in [9.17, 15) is 22.8 Å². The zero-order chi connectivity index (χ0) is 29.7. The van der Waals surface area contributed by atoms with Crippen molar-refractivity contribution in [2.75, 3.05) is 25.1 Å². The molecule has 40 heavy (non-hydrogen) atoms. The molecular weight excluding hydrogens is 527 g/mol. The Morgan fingerprint density at radius 1 is 1.25 bits per heavy atom. The van der Waals surface area contributed by atoms with Gasteiger partial charge in [0.25, 0.3) is 11.8 Å². The molecule has 214 valence electrons. The summed E-state index contributed by atoms with van der Waals surface area (Å²) in [7, 11) is 1.42. The second kappa shape index (κ2) is 12.4. The van der Waals surface area contributed by atoms with E-state index in [1.54, 1.807) is 18.2 Å². The third-order valence-corrected chi connectivity index (χ3v) is 5.83. The van der Waals surface area contributed by atoms with E-state index in [4.69, 9.17) is 16.9 Å². The van der Waals surface area contributed by atoms with Crippen LogP contribution >= 0.6 is 0 Å². The van der Waals surface area contributed by atoms with Crippen LogP contribution < -0.4 is 16.4 Å². The molecule has 3 aromatic rings. The summed E-state index contributed by atoms with van der Waals surface area (Å²) in [6, 6.07) is 4.81. The number of hydrogen-bond donors (Lipinski definition) is 4. The molecule has 0 aliphatic heterocycles. The number of ether oxygens (including phenoxy) is 1. The highest BCUT2D eigenvalue weighted by Gasteiger charge is 2.39. The molecule has 0 spiro atoms. The Labute approximate surface area is 229 Å². The second-order valence-corrected chi connectivity index (χ2v) is 9.81. The monoisotopic (exact) mass is 559 g/mol. The Hall–Kier alpha value is -4.15. The van der Waals surface area contributed by atoms with E-state index in [1.807, 2.05) is 20.8 Å². The molecule has 0 saturated carbocycles. The highest BCUT2D eigenvalue weighted by molar-refractivity contribution is 6.03. The van der Waals surface area contributed by atoms with Crippen LogP contribution in [-0.4, -0.2) is 56.9 Å². The molecule has 0 aliphatic carbocycles. The highest BCUT2D eigenvalue weighted by atomic mass is 19.4. The van der Waals surface area contributed by atoms with Crippen molar-refractivity contribution in [3.8, 4) is 23.6 Å². The fraction of sp³-hybridized carbons (Fsp3) is 0.407. The number of aryl methyl sites for hydroxylation is 1. The number of carbonyl (C=O) groups excluding carboxylic acids is 2. The normalized spacial score (nSPS) is 11.8. The number of aromatic nitrogens is 4. The van der Waals surface area contributed by atoms with Crippen molar-refractivity contribution in [1.82, 2.24) is 25.1 Å². The van der Waals surface area contributed by atoms with Gasteiger partial charge in [-0.15, -0.1) is 12.3 Å². The number of H-pyrrole nitrogens is 1.